The fourth-order valence-corrected chi connectivity index (χ4v) is 4.58. The number of amides is 2. The third-order valence-electron chi connectivity index (χ3n) is 6.37. The minimum atomic E-state index is -2.77. The Morgan fingerprint density at radius 3 is 2.40 bits per heavy atom. The van der Waals surface area contributed by atoms with Gasteiger partial charge in [0.2, 0.25) is 11.9 Å². The van der Waals surface area contributed by atoms with Crippen molar-refractivity contribution >= 4 is 63.4 Å². The Labute approximate surface area is 283 Å². The first kappa shape index (κ1) is 38.5. The van der Waals surface area contributed by atoms with Gasteiger partial charge in [0, 0.05) is 30.8 Å². The molecule has 0 unspecified atom stereocenters. The number of imidazole rings is 1. The van der Waals surface area contributed by atoms with Crippen molar-refractivity contribution in [2.24, 2.45) is 12.5 Å². The molecule has 0 atom stereocenters. The Morgan fingerprint density at radius 2 is 1.79 bits per heavy atom. The van der Waals surface area contributed by atoms with Gasteiger partial charge in [-0.05, 0) is 35.9 Å². The second kappa shape index (κ2) is 17.3. The molecule has 0 aliphatic carbocycles. The molecule has 47 heavy (non-hydrogen) atoms. The highest BCUT2D eigenvalue weighted by Crippen LogP contribution is 2.37. The molecule has 4 aromatic rings. The predicted molar refractivity (Wildman–Crippen MR) is 185 cm³/mol. The van der Waals surface area contributed by atoms with Crippen molar-refractivity contribution in [3.63, 3.8) is 0 Å². The lowest BCUT2D eigenvalue weighted by molar-refractivity contribution is -0.128. The molecule has 0 fully saturated rings. The molecular weight excluding hydrogens is 649 g/mol. The van der Waals surface area contributed by atoms with Crippen LogP contribution in [0.1, 0.15) is 56.1 Å². The molecule has 2 amide bonds. The molecule has 1 aromatic heterocycles. The highest BCUT2D eigenvalue weighted by Gasteiger charge is 2.23. The van der Waals surface area contributed by atoms with E-state index in [0.717, 1.165) is 0 Å². The Hall–Kier alpha value is -4.66. The molecular formula is C34H38Cl2F2N6O3. The van der Waals surface area contributed by atoms with Gasteiger partial charge in [0.1, 0.15) is 12.4 Å². The third kappa shape index (κ3) is 9.91. The summed E-state index contributed by atoms with van der Waals surface area (Å²) in [6.45, 7) is 14.6. The molecule has 0 aliphatic heterocycles. The van der Waals surface area contributed by atoms with Gasteiger partial charge in [0.15, 0.2) is 0 Å². The maximum Gasteiger partial charge on any atom is 0.272 e. The number of aryl methyl sites for hydroxylation is 1. The Kier molecular flexibility index (Phi) is 14.2. The van der Waals surface area contributed by atoms with Crippen LogP contribution in [0, 0.1) is 16.7 Å². The first-order valence-electron chi connectivity index (χ1n) is 14.5. The summed E-state index contributed by atoms with van der Waals surface area (Å²) in [4.78, 5) is 30.2. The van der Waals surface area contributed by atoms with Crippen LogP contribution in [0.25, 0.3) is 11.0 Å². The van der Waals surface area contributed by atoms with Crippen molar-refractivity contribution in [2.75, 3.05) is 17.2 Å². The molecule has 0 aliphatic rings. The third-order valence-corrected chi connectivity index (χ3v) is 7.12. The lowest BCUT2D eigenvalue weighted by Gasteiger charge is -2.19. The standard InChI is InChI=1S/C30H28Cl2F2N6O3.C2H6.C2H4/c1-30(2,3)28(42)36-14-17-8-9-20(31)26(25(17)32)39-29-38-21-11-19(23(43-15-24(33)34)12-22(21)40(29)4)27(41)37-18-7-5-6-16(10-18)13-35;2*1-2/h5-12,24H,14-15H2,1-4H3,(H,36,42)(H,37,41)(H,38,39);1-2H3;1-2H2. The lowest BCUT2D eigenvalue weighted by atomic mass is 9.95. The summed E-state index contributed by atoms with van der Waals surface area (Å²) >= 11 is 13.1. The molecule has 1 heterocycles. The lowest BCUT2D eigenvalue weighted by Crippen LogP contribution is -2.34. The topological polar surface area (TPSA) is 121 Å². The first-order valence-corrected chi connectivity index (χ1v) is 15.3. The van der Waals surface area contributed by atoms with E-state index in [9.17, 15) is 18.4 Å². The summed E-state index contributed by atoms with van der Waals surface area (Å²) in [7, 11) is 1.68. The van der Waals surface area contributed by atoms with Crippen LogP contribution in [-0.4, -0.2) is 34.4 Å². The average molecular weight is 688 g/mol. The van der Waals surface area contributed by atoms with Crippen LogP contribution in [0.4, 0.5) is 26.1 Å². The SMILES string of the molecule is C=C.CC.Cn1c(Nc2c(Cl)ccc(CNC(=O)C(C)(C)C)c2Cl)nc2cc(C(=O)Nc3cccc(C#N)c3)c(OCC(F)F)cc21. The van der Waals surface area contributed by atoms with E-state index in [1.807, 2.05) is 19.9 Å². The fraction of sp³-hybridized carbons (Fsp3) is 0.294. The van der Waals surface area contributed by atoms with Crippen LogP contribution in [-0.2, 0) is 18.4 Å². The number of nitrogens with zero attached hydrogens (tertiary/aromatic N) is 3. The number of carbonyl (C=O) groups is 2. The van der Waals surface area contributed by atoms with E-state index in [1.54, 1.807) is 62.7 Å². The van der Waals surface area contributed by atoms with E-state index in [0.29, 0.717) is 38.6 Å². The molecule has 9 nitrogen and oxygen atoms in total. The number of rotatable bonds is 9. The number of hydrogen-bond acceptors (Lipinski definition) is 6. The number of alkyl halides is 2. The van der Waals surface area contributed by atoms with E-state index in [-0.39, 0.29) is 34.7 Å². The van der Waals surface area contributed by atoms with Gasteiger partial charge in [0.05, 0.1) is 44.0 Å². The molecule has 13 heteroatoms. The largest absolute Gasteiger partial charge is 0.487 e. The summed E-state index contributed by atoms with van der Waals surface area (Å²) in [6.07, 6.45) is -2.77. The van der Waals surface area contributed by atoms with Gasteiger partial charge in [-0.3, -0.25) is 9.59 Å². The number of benzene rings is 3. The molecule has 0 spiro atoms. The van der Waals surface area contributed by atoms with E-state index >= 15 is 0 Å². The average Bonchev–Trinajstić information content (AvgIpc) is 3.35. The summed E-state index contributed by atoms with van der Waals surface area (Å²) in [6, 6.07) is 14.5. The summed E-state index contributed by atoms with van der Waals surface area (Å²) in [5, 5.41) is 18.4. The number of aromatic nitrogens is 2. The summed E-state index contributed by atoms with van der Waals surface area (Å²) in [5.74, 6) is -0.582. The van der Waals surface area contributed by atoms with Gasteiger partial charge in [-0.1, -0.05) is 70.0 Å². The van der Waals surface area contributed by atoms with Crippen LogP contribution in [0.2, 0.25) is 10.0 Å². The quantitative estimate of drug-likeness (QED) is 0.151. The second-order valence-corrected chi connectivity index (χ2v) is 11.4. The zero-order valence-electron chi connectivity index (χ0n) is 27.1. The molecule has 0 radical (unpaired) electrons. The number of halogens is 4. The van der Waals surface area contributed by atoms with Crippen molar-refractivity contribution < 1.29 is 23.1 Å². The highest BCUT2D eigenvalue weighted by molar-refractivity contribution is 6.39. The van der Waals surface area contributed by atoms with Crippen molar-refractivity contribution in [3.8, 4) is 11.8 Å². The van der Waals surface area contributed by atoms with Crippen LogP contribution in [0.3, 0.4) is 0 Å². The number of anilines is 3. The molecule has 0 saturated carbocycles. The Balaban J connectivity index is 0.00000185. The molecule has 3 N–H and O–H groups in total. The van der Waals surface area contributed by atoms with Gasteiger partial charge in [-0.25, -0.2) is 13.8 Å². The molecule has 3 aromatic carbocycles. The molecule has 0 saturated heterocycles. The zero-order chi connectivity index (χ0) is 35.5. The maximum atomic E-state index is 13.2. The monoisotopic (exact) mass is 686 g/mol. The van der Waals surface area contributed by atoms with E-state index in [1.165, 1.54) is 18.2 Å². The van der Waals surface area contributed by atoms with Gasteiger partial charge in [-0.2, -0.15) is 5.26 Å². The van der Waals surface area contributed by atoms with Crippen LogP contribution in [0.15, 0.2) is 61.7 Å². The number of ether oxygens (including phenoxy) is 1. The number of fused-ring (bicyclic) bond motifs is 1. The van der Waals surface area contributed by atoms with E-state index in [2.05, 4.69) is 34.1 Å². The maximum absolute atomic E-state index is 13.2. The normalized spacial score (nSPS) is 10.6. The number of carbonyl (C=O) groups excluding carboxylic acids is 2. The molecule has 0 bridgehead atoms. The minimum Gasteiger partial charge on any atom is -0.487 e. The minimum absolute atomic E-state index is 0.0344. The van der Waals surface area contributed by atoms with Crippen LogP contribution >= 0.6 is 23.2 Å². The van der Waals surface area contributed by atoms with E-state index < -0.39 is 24.4 Å². The van der Waals surface area contributed by atoms with Gasteiger partial charge < -0.3 is 25.3 Å². The van der Waals surface area contributed by atoms with Gasteiger partial charge in [-0.15, -0.1) is 13.2 Å². The van der Waals surface area contributed by atoms with Crippen LogP contribution < -0.4 is 20.7 Å². The van der Waals surface area contributed by atoms with Crippen molar-refractivity contribution in [1.29, 1.82) is 5.26 Å². The zero-order valence-corrected chi connectivity index (χ0v) is 28.6. The van der Waals surface area contributed by atoms with Crippen molar-refractivity contribution in [2.45, 2.75) is 47.6 Å². The van der Waals surface area contributed by atoms with Crippen molar-refractivity contribution in [3.05, 3.63) is 88.4 Å². The van der Waals surface area contributed by atoms with Crippen LogP contribution in [0.5, 0.6) is 5.75 Å². The highest BCUT2D eigenvalue weighted by atomic mass is 35.5. The molecule has 250 valence electrons. The number of nitrogens with one attached hydrogen (secondary N) is 3. The number of hydrogen-bond donors (Lipinski definition) is 3. The number of nitriles is 1. The summed E-state index contributed by atoms with van der Waals surface area (Å²) < 4.78 is 33.1. The second-order valence-electron chi connectivity index (χ2n) is 10.6. The predicted octanol–water partition coefficient (Wildman–Crippen LogP) is 8.88. The van der Waals surface area contributed by atoms with E-state index in [4.69, 9.17) is 33.2 Å². The first-order chi connectivity index (χ1) is 22.3. The Morgan fingerprint density at radius 1 is 1.11 bits per heavy atom. The van der Waals surface area contributed by atoms with Gasteiger partial charge in [0.25, 0.3) is 12.3 Å². The smallest absolute Gasteiger partial charge is 0.272 e. The summed E-state index contributed by atoms with van der Waals surface area (Å²) in [5.41, 5.74) is 1.84. The van der Waals surface area contributed by atoms with Gasteiger partial charge >= 0.3 is 0 Å². The van der Waals surface area contributed by atoms with Crippen molar-refractivity contribution in [1.82, 2.24) is 14.9 Å². The molecule has 4 rings (SSSR count). The Bertz CT molecular complexity index is 1760. The fourth-order valence-electron chi connectivity index (χ4n) is 4.04.